The van der Waals surface area contributed by atoms with E-state index >= 15 is 0 Å². The minimum atomic E-state index is -1.07. The molecule has 4 N–H and O–H groups in total. The van der Waals surface area contributed by atoms with Crippen LogP contribution in [0, 0.1) is 17.8 Å². The van der Waals surface area contributed by atoms with Crippen molar-refractivity contribution in [1.29, 1.82) is 0 Å². The Kier molecular flexibility index (Phi) is 12.7. The molecule has 3 aliphatic carbocycles. The van der Waals surface area contributed by atoms with E-state index in [0.717, 1.165) is 82.8 Å². The van der Waals surface area contributed by atoms with Crippen LogP contribution in [0.4, 0.5) is 4.79 Å². The highest BCUT2D eigenvalue weighted by Crippen LogP contribution is 2.41. The summed E-state index contributed by atoms with van der Waals surface area (Å²) >= 11 is 1.85. The van der Waals surface area contributed by atoms with Gasteiger partial charge in [-0.15, -0.1) is 12.3 Å². The quantitative estimate of drug-likeness (QED) is 0.167. The van der Waals surface area contributed by atoms with Gasteiger partial charge in [0.25, 0.3) is 5.91 Å². The number of nitrogens with zero attached hydrogens (tertiary/aromatic N) is 1. The molecule has 1 aliphatic heterocycles. The van der Waals surface area contributed by atoms with E-state index in [1.54, 1.807) is 4.90 Å². The first-order valence-electron chi connectivity index (χ1n) is 17.9. The fourth-order valence-corrected chi connectivity index (χ4v) is 8.42. The first kappa shape index (κ1) is 37.1. The Morgan fingerprint density at radius 3 is 2.15 bits per heavy atom. The molecule has 1 saturated heterocycles. The van der Waals surface area contributed by atoms with E-state index in [2.05, 4.69) is 54.9 Å². The summed E-state index contributed by atoms with van der Waals surface area (Å²) in [6.45, 7) is 9.02. The lowest BCUT2D eigenvalue weighted by Crippen LogP contribution is -2.63. The van der Waals surface area contributed by atoms with Crippen LogP contribution in [0.25, 0.3) is 0 Å². The summed E-state index contributed by atoms with van der Waals surface area (Å²) in [7, 11) is 0. The molecule has 0 bridgehead atoms. The average molecular weight is 672 g/mol. The zero-order chi connectivity index (χ0) is 34.2. The van der Waals surface area contributed by atoms with Crippen LogP contribution in [0.2, 0.25) is 0 Å². The third-order valence-electron chi connectivity index (χ3n) is 10.4. The highest BCUT2D eigenvalue weighted by atomic mass is 32.2. The Balaban J connectivity index is 1.50. The van der Waals surface area contributed by atoms with Gasteiger partial charge in [0.1, 0.15) is 12.1 Å². The number of urea groups is 1. The SMILES string of the molecule is C#CCCC(NC(=O)[C@@H]1CCCN1C(=O)C(NC(=O)NC1(CSC(C)(C)C)CCCCC1)C1(C)CCCCC1)C(=O)C(=O)NC1CC1. The number of hydrogen-bond acceptors (Lipinski definition) is 6. The van der Waals surface area contributed by atoms with Crippen molar-refractivity contribution < 1.29 is 24.0 Å². The van der Waals surface area contributed by atoms with Gasteiger partial charge in [-0.2, -0.15) is 11.8 Å². The van der Waals surface area contributed by atoms with Gasteiger partial charge in [-0.25, -0.2) is 4.79 Å². The van der Waals surface area contributed by atoms with Crippen molar-refractivity contribution >= 4 is 41.3 Å². The van der Waals surface area contributed by atoms with Gasteiger partial charge < -0.3 is 26.2 Å². The Bertz CT molecular complexity index is 1190. The van der Waals surface area contributed by atoms with E-state index in [-0.39, 0.29) is 41.1 Å². The summed E-state index contributed by atoms with van der Waals surface area (Å²) in [5.41, 5.74) is -0.786. The molecule has 5 amide bonds. The van der Waals surface area contributed by atoms with Crippen molar-refractivity contribution in [2.24, 2.45) is 5.41 Å². The number of carbonyl (C=O) groups excluding carboxylic acids is 5. The standard InChI is InChI=1S/C36H57N5O5S/c1-6-7-15-26(28(42)31(44)37-25-17-18-25)38-30(43)27-16-14-23-41(27)32(45)29(35(5)19-10-8-11-20-35)39-33(46)40-36(21-12-9-13-22-36)24-47-34(2,3)4/h1,25-27,29H,7-24H2,2-5H3,(H,37,44)(H,38,43)(H2,39,40,46)/t26?,27-,29?/m0/s1. The second-order valence-electron chi connectivity index (χ2n) is 15.6. The first-order valence-corrected chi connectivity index (χ1v) is 18.9. The van der Waals surface area contributed by atoms with Gasteiger partial charge >= 0.3 is 6.03 Å². The van der Waals surface area contributed by atoms with Gasteiger partial charge in [0.05, 0.1) is 11.6 Å². The molecule has 0 aromatic carbocycles. The average Bonchev–Trinajstić information content (AvgIpc) is 3.71. The number of terminal acetylenes is 1. The van der Waals surface area contributed by atoms with Crippen molar-refractivity contribution in [2.75, 3.05) is 12.3 Å². The van der Waals surface area contributed by atoms with Crippen molar-refractivity contribution in [1.82, 2.24) is 26.2 Å². The zero-order valence-electron chi connectivity index (χ0n) is 29.0. The lowest BCUT2D eigenvalue weighted by molar-refractivity contribution is -0.144. The third kappa shape index (κ3) is 10.4. The maximum Gasteiger partial charge on any atom is 0.315 e. The Hall–Kier alpha value is -2.74. The van der Waals surface area contributed by atoms with Crippen LogP contribution in [0.15, 0.2) is 0 Å². The topological polar surface area (TPSA) is 137 Å². The zero-order valence-corrected chi connectivity index (χ0v) is 29.8. The predicted octanol–water partition coefficient (Wildman–Crippen LogP) is 4.60. The number of carbonyl (C=O) groups is 5. The van der Waals surface area contributed by atoms with E-state index in [9.17, 15) is 24.0 Å². The number of rotatable bonds is 13. The molecule has 0 spiro atoms. The van der Waals surface area contributed by atoms with Gasteiger partial charge in [0, 0.05) is 29.5 Å². The number of thioether (sulfide) groups is 1. The second kappa shape index (κ2) is 16.1. The number of nitrogens with one attached hydrogen (secondary N) is 4. The van der Waals surface area contributed by atoms with Crippen molar-refractivity contribution in [3.05, 3.63) is 0 Å². The predicted molar refractivity (Wildman–Crippen MR) is 186 cm³/mol. The summed E-state index contributed by atoms with van der Waals surface area (Å²) in [4.78, 5) is 69.2. The third-order valence-corrected chi connectivity index (χ3v) is 11.9. The lowest BCUT2D eigenvalue weighted by atomic mass is 9.70. The molecule has 1 heterocycles. The molecule has 3 atom stereocenters. The van der Waals surface area contributed by atoms with Crippen molar-refractivity contribution in [3.8, 4) is 12.3 Å². The largest absolute Gasteiger partial charge is 0.347 e. The molecule has 0 aromatic rings. The molecule has 10 nitrogen and oxygen atoms in total. The molecule has 0 radical (unpaired) electrons. The number of amides is 5. The molecule has 4 aliphatic rings. The van der Waals surface area contributed by atoms with Crippen LogP contribution >= 0.6 is 11.8 Å². The fourth-order valence-electron chi connectivity index (χ4n) is 7.35. The monoisotopic (exact) mass is 671 g/mol. The molecule has 11 heteroatoms. The van der Waals surface area contributed by atoms with E-state index in [1.165, 1.54) is 0 Å². The molecule has 47 heavy (non-hydrogen) atoms. The fraction of sp³-hybridized carbons (Fsp3) is 0.806. The summed E-state index contributed by atoms with van der Waals surface area (Å²) in [6, 6.07) is -2.99. The highest BCUT2D eigenvalue weighted by Gasteiger charge is 2.47. The van der Waals surface area contributed by atoms with E-state index in [1.807, 2.05) is 11.8 Å². The molecular weight excluding hydrogens is 614 g/mol. The summed E-state index contributed by atoms with van der Waals surface area (Å²) < 4.78 is 0.0630. The Labute approximate surface area is 285 Å². The molecule has 2 unspecified atom stereocenters. The van der Waals surface area contributed by atoms with Gasteiger partial charge in [-0.1, -0.05) is 66.2 Å². The van der Waals surface area contributed by atoms with E-state index in [0.29, 0.717) is 19.4 Å². The molecule has 4 fully saturated rings. The maximum atomic E-state index is 14.5. The maximum absolute atomic E-state index is 14.5. The van der Waals surface area contributed by atoms with Crippen LogP contribution in [-0.4, -0.2) is 81.2 Å². The van der Waals surface area contributed by atoms with Crippen molar-refractivity contribution in [2.45, 2.75) is 165 Å². The highest BCUT2D eigenvalue weighted by molar-refractivity contribution is 8.00. The molecule has 4 rings (SSSR count). The Morgan fingerprint density at radius 1 is 0.915 bits per heavy atom. The van der Waals surface area contributed by atoms with Crippen LogP contribution in [-0.2, 0) is 19.2 Å². The van der Waals surface area contributed by atoms with Gasteiger partial charge in [-0.05, 0) is 63.2 Å². The molecule has 3 saturated carbocycles. The summed E-state index contributed by atoms with van der Waals surface area (Å²) in [6.07, 6.45) is 18.3. The minimum Gasteiger partial charge on any atom is -0.347 e. The number of ketones is 1. The second-order valence-corrected chi connectivity index (χ2v) is 17.4. The summed E-state index contributed by atoms with van der Waals surface area (Å²) in [5, 5.41) is 12.0. The Morgan fingerprint density at radius 2 is 1.55 bits per heavy atom. The smallest absolute Gasteiger partial charge is 0.315 e. The number of hydrogen-bond donors (Lipinski definition) is 4. The summed E-state index contributed by atoms with van der Waals surface area (Å²) in [5.74, 6) is 1.13. The number of Topliss-reactive ketones (excluding diaryl/α,β-unsaturated/α-hetero) is 1. The first-order chi connectivity index (χ1) is 22.3. The van der Waals surface area contributed by atoms with Crippen LogP contribution < -0.4 is 21.3 Å². The molecular formula is C36H57N5O5S. The van der Waals surface area contributed by atoms with E-state index < -0.39 is 41.1 Å². The molecule has 0 aromatic heterocycles. The van der Waals surface area contributed by atoms with Crippen LogP contribution in [0.5, 0.6) is 0 Å². The van der Waals surface area contributed by atoms with Crippen LogP contribution in [0.3, 0.4) is 0 Å². The molecule has 262 valence electrons. The van der Waals surface area contributed by atoms with Gasteiger partial charge in [0.2, 0.25) is 17.6 Å². The van der Waals surface area contributed by atoms with Gasteiger partial charge in [0.15, 0.2) is 0 Å². The van der Waals surface area contributed by atoms with Crippen LogP contribution in [0.1, 0.15) is 130 Å². The normalized spacial score (nSPS) is 23.5. The van der Waals surface area contributed by atoms with E-state index in [4.69, 9.17) is 6.42 Å². The minimum absolute atomic E-state index is 0.00593. The lowest BCUT2D eigenvalue weighted by Gasteiger charge is -2.44. The van der Waals surface area contributed by atoms with Crippen molar-refractivity contribution in [3.63, 3.8) is 0 Å². The van der Waals surface area contributed by atoms with Gasteiger partial charge in [-0.3, -0.25) is 19.2 Å². The number of likely N-dealkylation sites (tertiary alicyclic amines) is 1.